The largest absolute Gasteiger partial charge is 0.477 e. The van der Waals surface area contributed by atoms with Crippen LogP contribution in [-0.2, 0) is 0 Å². The fourth-order valence-electron chi connectivity index (χ4n) is 2.66. The lowest BCUT2D eigenvalue weighted by molar-refractivity contribution is 0.0700. The van der Waals surface area contributed by atoms with Gasteiger partial charge in [-0.2, -0.15) is 0 Å². The second-order valence-electron chi connectivity index (χ2n) is 5.76. The Kier molecular flexibility index (Phi) is 3.94. The molecule has 3 rings (SSSR count). The first-order valence-electron chi connectivity index (χ1n) is 7.32. The van der Waals surface area contributed by atoms with Crippen LogP contribution in [0.2, 0.25) is 0 Å². The third kappa shape index (κ3) is 2.96. The predicted octanol–water partition coefficient (Wildman–Crippen LogP) is 2.25. The molecule has 2 aliphatic rings. The number of nitrogens with zero attached hydrogens (tertiary/aromatic N) is 3. The molecule has 0 atom stereocenters. The molecule has 1 saturated heterocycles. The number of aromatic nitrogens is 1. The third-order valence-corrected chi connectivity index (χ3v) is 5.25. The topological polar surface area (TPSA) is 56.7 Å². The molecule has 0 unspecified atom stereocenters. The third-order valence-electron chi connectivity index (χ3n) is 4.08. The van der Waals surface area contributed by atoms with Crippen molar-refractivity contribution in [3.63, 3.8) is 0 Å². The molecule has 0 bridgehead atoms. The van der Waals surface area contributed by atoms with Crippen LogP contribution in [0.5, 0.6) is 0 Å². The van der Waals surface area contributed by atoms with Crippen LogP contribution in [0, 0.1) is 0 Å². The van der Waals surface area contributed by atoms with Gasteiger partial charge in [0.2, 0.25) is 0 Å². The lowest BCUT2D eigenvalue weighted by Crippen LogP contribution is -2.31. The number of aromatic carboxylic acids is 1. The quantitative estimate of drug-likeness (QED) is 0.872. The maximum atomic E-state index is 11.3. The minimum absolute atomic E-state index is 0.387. The second kappa shape index (κ2) is 5.69. The highest BCUT2D eigenvalue weighted by Gasteiger charge is 2.32. The van der Waals surface area contributed by atoms with Gasteiger partial charge >= 0.3 is 5.97 Å². The molecule has 1 aromatic rings. The van der Waals surface area contributed by atoms with E-state index in [9.17, 15) is 9.90 Å². The summed E-state index contributed by atoms with van der Waals surface area (Å²) in [6.45, 7) is 4.34. The van der Waals surface area contributed by atoms with Crippen molar-refractivity contribution in [2.75, 3.05) is 38.1 Å². The summed E-state index contributed by atoms with van der Waals surface area (Å²) in [6.07, 6.45) is 4.77. The fourth-order valence-corrected chi connectivity index (χ4v) is 3.64. The molecule has 1 saturated carbocycles. The zero-order chi connectivity index (χ0) is 14.1. The van der Waals surface area contributed by atoms with Crippen LogP contribution < -0.4 is 4.90 Å². The highest BCUT2D eigenvalue weighted by Crippen LogP contribution is 2.44. The Morgan fingerprint density at radius 2 is 2.15 bits per heavy atom. The van der Waals surface area contributed by atoms with Gasteiger partial charge in [0.25, 0.3) is 0 Å². The molecule has 1 aromatic heterocycles. The van der Waals surface area contributed by atoms with Gasteiger partial charge in [-0.05, 0) is 38.8 Å². The van der Waals surface area contributed by atoms with Gasteiger partial charge in [-0.3, -0.25) is 0 Å². The van der Waals surface area contributed by atoms with Crippen LogP contribution in [0.15, 0.2) is 0 Å². The van der Waals surface area contributed by atoms with Crippen molar-refractivity contribution < 1.29 is 9.90 Å². The van der Waals surface area contributed by atoms with Gasteiger partial charge in [-0.15, -0.1) is 0 Å². The van der Waals surface area contributed by atoms with Crippen molar-refractivity contribution in [2.45, 2.75) is 31.6 Å². The second-order valence-corrected chi connectivity index (χ2v) is 6.74. The summed E-state index contributed by atoms with van der Waals surface area (Å²) in [6, 6.07) is 0. The molecular formula is C14H21N3O2S. The zero-order valence-corrected chi connectivity index (χ0v) is 12.7. The molecule has 1 N–H and O–H groups in total. The van der Waals surface area contributed by atoms with Crippen LogP contribution in [0.25, 0.3) is 0 Å². The molecule has 20 heavy (non-hydrogen) atoms. The summed E-state index contributed by atoms with van der Waals surface area (Å²) in [5, 5.41) is 10.1. The molecule has 110 valence electrons. The van der Waals surface area contributed by atoms with Gasteiger partial charge < -0.3 is 14.9 Å². The monoisotopic (exact) mass is 295 g/mol. The maximum absolute atomic E-state index is 11.3. The van der Waals surface area contributed by atoms with Crippen molar-refractivity contribution in [3.8, 4) is 0 Å². The van der Waals surface area contributed by atoms with Gasteiger partial charge in [0, 0.05) is 26.1 Å². The normalized spacial score (nSPS) is 19.4. The van der Waals surface area contributed by atoms with Crippen molar-refractivity contribution in [2.24, 2.45) is 0 Å². The Hall–Kier alpha value is -1.14. The molecule has 0 amide bonds. The molecule has 2 fully saturated rings. The first-order valence-corrected chi connectivity index (χ1v) is 8.14. The number of thiazole rings is 1. The number of hydrogen-bond donors (Lipinski definition) is 1. The highest BCUT2D eigenvalue weighted by molar-refractivity contribution is 7.17. The van der Waals surface area contributed by atoms with Crippen LogP contribution >= 0.6 is 11.3 Å². The molecule has 0 spiro atoms. The molecule has 1 aliphatic carbocycles. The smallest absolute Gasteiger partial charge is 0.347 e. The minimum atomic E-state index is -0.830. The standard InChI is InChI=1S/C14H21N3O2S/c1-16(8-9-17-6-2-3-7-17)14-15-11(10-4-5-10)12(20-14)13(18)19/h10H,2-9H2,1H3,(H,18,19). The Bertz CT molecular complexity index is 493. The number of carbonyl (C=O) groups is 1. The summed E-state index contributed by atoms with van der Waals surface area (Å²) in [5.41, 5.74) is 0.811. The highest BCUT2D eigenvalue weighted by atomic mass is 32.1. The van der Waals surface area contributed by atoms with E-state index in [1.54, 1.807) is 0 Å². The minimum Gasteiger partial charge on any atom is -0.477 e. The van der Waals surface area contributed by atoms with Crippen LogP contribution in [0.3, 0.4) is 0 Å². The van der Waals surface area contributed by atoms with Crippen molar-refractivity contribution in [1.29, 1.82) is 0 Å². The molecule has 2 heterocycles. The molecule has 1 aliphatic heterocycles. The average Bonchev–Trinajstić information content (AvgIpc) is 2.97. The van der Waals surface area contributed by atoms with E-state index in [1.807, 2.05) is 7.05 Å². The van der Waals surface area contributed by atoms with Crippen LogP contribution in [0.4, 0.5) is 5.13 Å². The molecule has 6 heteroatoms. The van der Waals surface area contributed by atoms with Crippen LogP contribution in [0.1, 0.15) is 47.0 Å². The SMILES string of the molecule is CN(CCN1CCCC1)c1nc(C2CC2)c(C(=O)O)s1. The Labute approximate surface area is 123 Å². The summed E-state index contributed by atoms with van der Waals surface area (Å²) < 4.78 is 0. The number of carboxylic acids is 1. The summed E-state index contributed by atoms with van der Waals surface area (Å²) in [4.78, 5) is 20.9. The summed E-state index contributed by atoms with van der Waals surface area (Å²) >= 11 is 1.32. The molecule has 0 radical (unpaired) electrons. The average molecular weight is 295 g/mol. The van der Waals surface area contributed by atoms with E-state index < -0.39 is 5.97 Å². The number of likely N-dealkylation sites (tertiary alicyclic amines) is 1. The Morgan fingerprint density at radius 1 is 1.45 bits per heavy atom. The lowest BCUT2D eigenvalue weighted by Gasteiger charge is -2.20. The number of anilines is 1. The lowest BCUT2D eigenvalue weighted by atomic mass is 10.2. The van der Waals surface area contributed by atoms with Gasteiger partial charge in [-0.1, -0.05) is 11.3 Å². The van der Waals surface area contributed by atoms with E-state index in [-0.39, 0.29) is 0 Å². The first kappa shape index (κ1) is 13.8. The van der Waals surface area contributed by atoms with Gasteiger partial charge in [0.05, 0.1) is 5.69 Å². The Balaban J connectivity index is 1.65. The fraction of sp³-hybridized carbons (Fsp3) is 0.714. The number of rotatable bonds is 6. The van der Waals surface area contributed by atoms with Crippen molar-refractivity contribution in [3.05, 3.63) is 10.6 Å². The zero-order valence-electron chi connectivity index (χ0n) is 11.8. The van der Waals surface area contributed by atoms with Crippen molar-refractivity contribution in [1.82, 2.24) is 9.88 Å². The van der Waals surface area contributed by atoms with Crippen molar-refractivity contribution >= 4 is 22.4 Å². The van der Waals surface area contributed by atoms with Crippen LogP contribution in [-0.4, -0.2) is 54.2 Å². The molecule has 5 nitrogen and oxygen atoms in total. The molecule has 0 aromatic carbocycles. The molecular weight excluding hydrogens is 274 g/mol. The number of carboxylic acid groups (broad SMARTS) is 1. The number of hydrogen-bond acceptors (Lipinski definition) is 5. The van der Waals surface area contributed by atoms with E-state index in [1.165, 1.54) is 37.3 Å². The maximum Gasteiger partial charge on any atom is 0.347 e. The summed E-state index contributed by atoms with van der Waals surface area (Å²) in [5.74, 6) is -0.443. The Morgan fingerprint density at radius 3 is 2.75 bits per heavy atom. The van der Waals surface area contributed by atoms with E-state index in [2.05, 4.69) is 14.8 Å². The van der Waals surface area contributed by atoms with Gasteiger partial charge in [0.15, 0.2) is 5.13 Å². The summed E-state index contributed by atoms with van der Waals surface area (Å²) in [7, 11) is 2.01. The van der Waals surface area contributed by atoms with Gasteiger partial charge in [-0.25, -0.2) is 9.78 Å². The van der Waals surface area contributed by atoms with E-state index in [0.717, 1.165) is 36.8 Å². The van der Waals surface area contributed by atoms with Gasteiger partial charge in [0.1, 0.15) is 4.88 Å². The van der Waals surface area contributed by atoms with E-state index in [4.69, 9.17) is 0 Å². The predicted molar refractivity (Wildman–Crippen MR) is 80.0 cm³/mol. The first-order chi connectivity index (χ1) is 9.65. The van der Waals surface area contributed by atoms with E-state index >= 15 is 0 Å². The van der Waals surface area contributed by atoms with E-state index in [0.29, 0.717) is 10.8 Å². The number of likely N-dealkylation sites (N-methyl/N-ethyl adjacent to an activating group) is 1.